The molecule has 0 amide bonds. The van der Waals surface area contributed by atoms with E-state index in [1.54, 1.807) is 0 Å². The molecule has 1 heterocycles. The van der Waals surface area contributed by atoms with Gasteiger partial charge in [0.25, 0.3) is 0 Å². The van der Waals surface area contributed by atoms with E-state index < -0.39 is 0 Å². The molecule has 1 aromatic heterocycles. The normalized spacial score (nSPS) is 11.0. The van der Waals surface area contributed by atoms with E-state index in [0.717, 1.165) is 72.0 Å². The van der Waals surface area contributed by atoms with Gasteiger partial charge in [0.2, 0.25) is 0 Å². The van der Waals surface area contributed by atoms with E-state index in [-0.39, 0.29) is 0 Å². The highest BCUT2D eigenvalue weighted by Crippen LogP contribution is 2.43. The fourth-order valence-corrected chi connectivity index (χ4v) is 5.65. The van der Waals surface area contributed by atoms with Crippen molar-refractivity contribution in [3.05, 3.63) is 145 Å². The zero-order chi connectivity index (χ0) is 27.8. The Labute approximate surface area is 238 Å². The Morgan fingerprint density at radius 2 is 1.15 bits per heavy atom. The molecule has 1 N–H and O–H groups in total. The molecule has 41 heavy (non-hydrogen) atoms. The molecule has 0 aliphatic rings. The Bertz CT molecular complexity index is 2100. The lowest BCUT2D eigenvalue weighted by Gasteiger charge is -2.08. The summed E-state index contributed by atoms with van der Waals surface area (Å²) in [7, 11) is 0. The zero-order valence-electron chi connectivity index (χ0n) is 22.1. The highest BCUT2D eigenvalue weighted by Gasteiger charge is 2.20. The fourth-order valence-electron chi connectivity index (χ4n) is 5.65. The molecule has 7 rings (SSSR count). The maximum atomic E-state index is 9.57. The Hall–Kier alpha value is -5.72. The van der Waals surface area contributed by atoms with Crippen molar-refractivity contribution in [3.63, 3.8) is 0 Å². The maximum Gasteiger partial charge on any atom is 0.143 e. The number of nitrogens with zero attached hydrogens (tertiary/aromatic N) is 1. The molecule has 3 nitrogen and oxygen atoms in total. The number of furan rings is 1. The standard InChI is InChI=1S/C38H24N2O/c39-23-29-13-7-8-14-32(29)27-15-17-28(18-16-27)33-20-19-30(24-40)36-35-22-31(25-9-3-1-4-10-25)21-34(37(35)41-38(33)36)26-11-5-2-6-12-26/h1-22,24,40H. The van der Waals surface area contributed by atoms with Gasteiger partial charge in [0.05, 0.1) is 11.6 Å². The first-order valence-corrected chi connectivity index (χ1v) is 13.5. The largest absolute Gasteiger partial charge is 0.455 e. The first kappa shape index (κ1) is 24.3. The van der Waals surface area contributed by atoms with Gasteiger partial charge in [-0.2, -0.15) is 5.26 Å². The molecular formula is C38H24N2O. The first-order chi connectivity index (χ1) is 20.2. The third kappa shape index (κ3) is 4.19. The van der Waals surface area contributed by atoms with Crippen molar-refractivity contribution in [2.45, 2.75) is 0 Å². The van der Waals surface area contributed by atoms with Crippen LogP contribution in [-0.2, 0) is 0 Å². The average Bonchev–Trinajstić information content (AvgIpc) is 3.44. The third-order valence-electron chi connectivity index (χ3n) is 7.65. The number of nitriles is 1. The zero-order valence-corrected chi connectivity index (χ0v) is 22.1. The van der Waals surface area contributed by atoms with Crippen LogP contribution in [0.25, 0.3) is 66.4 Å². The lowest BCUT2D eigenvalue weighted by molar-refractivity contribution is 0.671. The van der Waals surface area contributed by atoms with Gasteiger partial charge >= 0.3 is 0 Å². The van der Waals surface area contributed by atoms with E-state index in [4.69, 9.17) is 9.83 Å². The van der Waals surface area contributed by atoms with Gasteiger partial charge in [-0.1, -0.05) is 109 Å². The van der Waals surface area contributed by atoms with Crippen molar-refractivity contribution in [2.24, 2.45) is 0 Å². The predicted octanol–water partition coefficient (Wildman–Crippen LogP) is 10.1. The molecule has 0 saturated carbocycles. The van der Waals surface area contributed by atoms with Crippen LogP contribution in [0.1, 0.15) is 11.1 Å². The van der Waals surface area contributed by atoms with E-state index in [1.165, 1.54) is 6.21 Å². The predicted molar refractivity (Wildman–Crippen MR) is 168 cm³/mol. The summed E-state index contributed by atoms with van der Waals surface area (Å²) in [6.07, 6.45) is 1.40. The summed E-state index contributed by atoms with van der Waals surface area (Å²) in [5.41, 5.74) is 11.2. The second-order valence-corrected chi connectivity index (χ2v) is 10.0. The van der Waals surface area contributed by atoms with E-state index >= 15 is 0 Å². The van der Waals surface area contributed by atoms with Crippen LogP contribution >= 0.6 is 0 Å². The summed E-state index contributed by atoms with van der Waals surface area (Å²) in [6, 6.07) is 47.3. The van der Waals surface area contributed by atoms with E-state index in [1.807, 2.05) is 72.8 Å². The molecule has 7 aromatic rings. The Kier molecular flexibility index (Phi) is 6.00. The van der Waals surface area contributed by atoms with Gasteiger partial charge in [0.15, 0.2) is 0 Å². The highest BCUT2D eigenvalue weighted by atomic mass is 16.3. The summed E-state index contributed by atoms with van der Waals surface area (Å²) in [5.74, 6) is 0. The number of hydrogen-bond donors (Lipinski definition) is 1. The molecule has 0 fully saturated rings. The molecule has 0 spiro atoms. The van der Waals surface area contributed by atoms with Crippen LogP contribution in [0.2, 0.25) is 0 Å². The Morgan fingerprint density at radius 3 is 1.83 bits per heavy atom. The topological polar surface area (TPSA) is 60.8 Å². The van der Waals surface area contributed by atoms with E-state index in [9.17, 15) is 5.26 Å². The van der Waals surface area contributed by atoms with Crippen molar-refractivity contribution >= 4 is 28.2 Å². The van der Waals surface area contributed by atoms with E-state index in [2.05, 4.69) is 66.7 Å². The first-order valence-electron chi connectivity index (χ1n) is 13.5. The number of nitrogens with one attached hydrogen (secondary N) is 1. The minimum Gasteiger partial charge on any atom is -0.455 e. The van der Waals surface area contributed by atoms with Crippen molar-refractivity contribution in [3.8, 4) is 50.6 Å². The molecule has 0 bridgehead atoms. The maximum absolute atomic E-state index is 9.57. The van der Waals surface area contributed by atoms with Crippen LogP contribution in [0.4, 0.5) is 0 Å². The minimum absolute atomic E-state index is 0.651. The van der Waals surface area contributed by atoms with Crippen LogP contribution in [0.5, 0.6) is 0 Å². The van der Waals surface area contributed by atoms with Crippen LogP contribution in [-0.4, -0.2) is 6.21 Å². The number of hydrogen-bond acceptors (Lipinski definition) is 3. The van der Waals surface area contributed by atoms with E-state index in [0.29, 0.717) is 5.56 Å². The minimum atomic E-state index is 0.651. The molecular weight excluding hydrogens is 500 g/mol. The Morgan fingerprint density at radius 1 is 0.537 bits per heavy atom. The van der Waals surface area contributed by atoms with Gasteiger partial charge in [-0.15, -0.1) is 0 Å². The average molecular weight is 525 g/mol. The quantitative estimate of drug-likeness (QED) is 0.228. The molecule has 0 aliphatic carbocycles. The van der Waals surface area contributed by atoms with Gasteiger partial charge < -0.3 is 9.83 Å². The number of benzene rings is 6. The lowest BCUT2D eigenvalue weighted by atomic mass is 9.93. The molecule has 192 valence electrons. The molecule has 0 aliphatic heterocycles. The summed E-state index contributed by atoms with van der Waals surface area (Å²) in [5, 5.41) is 19.7. The molecule has 0 unspecified atom stereocenters. The SMILES string of the molecule is N#Cc1ccccc1-c1ccc(-c2ccc(C=N)c3c2oc2c(-c4ccccc4)cc(-c4ccccc4)cc23)cc1. The van der Waals surface area contributed by atoms with Gasteiger partial charge in [-0.25, -0.2) is 0 Å². The van der Waals surface area contributed by atoms with Crippen molar-refractivity contribution in [1.82, 2.24) is 0 Å². The molecule has 3 heteroatoms. The smallest absolute Gasteiger partial charge is 0.143 e. The summed E-state index contributed by atoms with van der Waals surface area (Å²) >= 11 is 0. The summed E-state index contributed by atoms with van der Waals surface area (Å²) in [4.78, 5) is 0. The number of fused-ring (bicyclic) bond motifs is 3. The third-order valence-corrected chi connectivity index (χ3v) is 7.65. The van der Waals surface area contributed by atoms with Gasteiger partial charge in [0, 0.05) is 33.7 Å². The molecule has 0 atom stereocenters. The Balaban J connectivity index is 1.48. The highest BCUT2D eigenvalue weighted by molar-refractivity contribution is 6.19. The molecule has 6 aromatic carbocycles. The van der Waals surface area contributed by atoms with Gasteiger partial charge in [0.1, 0.15) is 11.2 Å². The van der Waals surface area contributed by atoms with Gasteiger partial charge in [-0.05, 0) is 57.6 Å². The summed E-state index contributed by atoms with van der Waals surface area (Å²) < 4.78 is 6.76. The van der Waals surface area contributed by atoms with Crippen LogP contribution in [0.3, 0.4) is 0 Å². The molecule has 0 radical (unpaired) electrons. The second-order valence-electron chi connectivity index (χ2n) is 10.0. The van der Waals surface area contributed by atoms with Crippen molar-refractivity contribution in [2.75, 3.05) is 0 Å². The number of rotatable bonds is 5. The van der Waals surface area contributed by atoms with Crippen LogP contribution in [0, 0.1) is 16.7 Å². The second kappa shape index (κ2) is 10.1. The van der Waals surface area contributed by atoms with Crippen LogP contribution < -0.4 is 0 Å². The fraction of sp³-hybridized carbons (Fsp3) is 0. The van der Waals surface area contributed by atoms with Gasteiger partial charge in [-0.3, -0.25) is 0 Å². The van der Waals surface area contributed by atoms with Crippen LogP contribution in [0.15, 0.2) is 138 Å². The van der Waals surface area contributed by atoms with Crippen molar-refractivity contribution in [1.29, 1.82) is 10.7 Å². The molecule has 0 saturated heterocycles. The lowest BCUT2D eigenvalue weighted by Crippen LogP contribution is -1.87. The monoisotopic (exact) mass is 524 g/mol. The van der Waals surface area contributed by atoms with Crippen molar-refractivity contribution < 1.29 is 4.42 Å². The summed E-state index contributed by atoms with van der Waals surface area (Å²) in [6.45, 7) is 0.